The van der Waals surface area contributed by atoms with E-state index in [1.807, 2.05) is 42.5 Å². The van der Waals surface area contributed by atoms with Crippen molar-refractivity contribution in [2.75, 3.05) is 0 Å². The van der Waals surface area contributed by atoms with Crippen LogP contribution in [0.3, 0.4) is 0 Å². The molecule has 2 aromatic carbocycles. The summed E-state index contributed by atoms with van der Waals surface area (Å²) in [4.78, 5) is 10.5. The number of hydrogen-bond acceptors (Lipinski definition) is 2. The first-order valence-corrected chi connectivity index (χ1v) is 5.46. The van der Waals surface area contributed by atoms with Crippen LogP contribution in [-0.2, 0) is 4.79 Å². The summed E-state index contributed by atoms with van der Waals surface area (Å²) >= 11 is 0. The highest BCUT2D eigenvalue weighted by Crippen LogP contribution is 2.19. The van der Waals surface area contributed by atoms with E-state index >= 15 is 0 Å². The summed E-state index contributed by atoms with van der Waals surface area (Å²) in [5.41, 5.74) is 2.78. The second kappa shape index (κ2) is 5.19. The third-order valence-corrected chi connectivity index (χ3v) is 2.54. The molecule has 0 atom stereocenters. The number of carbonyl (C=O) groups is 1. The Labute approximate surface area is 105 Å². The van der Waals surface area contributed by atoms with Gasteiger partial charge in [-0.25, -0.2) is 4.79 Å². The molecule has 2 rings (SSSR count). The molecule has 2 aromatic rings. The van der Waals surface area contributed by atoms with Gasteiger partial charge in [-0.3, -0.25) is 0 Å². The molecule has 0 bridgehead atoms. The average Bonchev–Trinajstić information content (AvgIpc) is 2.40. The van der Waals surface area contributed by atoms with Gasteiger partial charge in [0, 0.05) is 0 Å². The van der Waals surface area contributed by atoms with Gasteiger partial charge in [-0.05, 0) is 22.8 Å². The van der Waals surface area contributed by atoms with Crippen molar-refractivity contribution in [1.29, 1.82) is 0 Å². The van der Waals surface area contributed by atoms with E-state index in [4.69, 9.17) is 10.2 Å². The Bertz CT molecular complexity index is 568. The van der Waals surface area contributed by atoms with E-state index in [1.54, 1.807) is 12.1 Å². The van der Waals surface area contributed by atoms with Gasteiger partial charge in [-0.2, -0.15) is 0 Å². The van der Waals surface area contributed by atoms with Crippen molar-refractivity contribution in [3.63, 3.8) is 0 Å². The summed E-state index contributed by atoms with van der Waals surface area (Å²) in [5.74, 6) is -2.00. The minimum absolute atomic E-state index is 0.648. The molecule has 2 N–H and O–H groups in total. The number of aliphatic hydroxyl groups excluding tert-OH is 1. The smallest absolute Gasteiger partial charge is 0.370 e. The summed E-state index contributed by atoms with van der Waals surface area (Å²) in [6, 6.07) is 17.2. The standard InChI is InChI=1S/C15H12O3/c16-14(15(17)18)10-11-6-8-13(9-7-11)12-4-2-1-3-5-12/h1-10,16H,(H,17,18). The van der Waals surface area contributed by atoms with E-state index in [9.17, 15) is 4.79 Å². The second-order valence-corrected chi connectivity index (χ2v) is 3.82. The van der Waals surface area contributed by atoms with Crippen molar-refractivity contribution in [1.82, 2.24) is 0 Å². The van der Waals surface area contributed by atoms with Gasteiger partial charge in [-0.1, -0.05) is 54.6 Å². The Hall–Kier alpha value is -2.55. The maximum absolute atomic E-state index is 10.5. The second-order valence-electron chi connectivity index (χ2n) is 3.82. The normalized spacial score (nSPS) is 11.2. The lowest BCUT2D eigenvalue weighted by Gasteiger charge is -2.02. The highest BCUT2D eigenvalue weighted by Gasteiger charge is 2.03. The lowest BCUT2D eigenvalue weighted by atomic mass is 10.0. The van der Waals surface area contributed by atoms with Crippen LogP contribution in [-0.4, -0.2) is 16.2 Å². The van der Waals surface area contributed by atoms with Crippen LogP contribution in [0.2, 0.25) is 0 Å². The van der Waals surface area contributed by atoms with E-state index in [2.05, 4.69) is 0 Å². The molecule has 0 saturated heterocycles. The number of carboxylic acids is 1. The van der Waals surface area contributed by atoms with Crippen molar-refractivity contribution in [3.05, 3.63) is 65.9 Å². The average molecular weight is 240 g/mol. The molecule has 0 spiro atoms. The minimum Gasteiger partial charge on any atom is -0.502 e. The van der Waals surface area contributed by atoms with E-state index in [1.165, 1.54) is 6.08 Å². The van der Waals surface area contributed by atoms with E-state index in [0.29, 0.717) is 5.56 Å². The summed E-state index contributed by atoms with van der Waals surface area (Å²) in [7, 11) is 0. The van der Waals surface area contributed by atoms with Crippen molar-refractivity contribution >= 4 is 12.0 Å². The monoisotopic (exact) mass is 240 g/mol. The van der Waals surface area contributed by atoms with Crippen LogP contribution < -0.4 is 0 Å². The molecule has 0 heterocycles. The van der Waals surface area contributed by atoms with Crippen LogP contribution in [0.4, 0.5) is 0 Å². The summed E-state index contributed by atoms with van der Waals surface area (Å²) < 4.78 is 0. The number of aliphatic hydroxyl groups is 1. The summed E-state index contributed by atoms with van der Waals surface area (Å²) in [6.07, 6.45) is 1.22. The van der Waals surface area contributed by atoms with Crippen LogP contribution in [0.25, 0.3) is 17.2 Å². The van der Waals surface area contributed by atoms with Crippen molar-refractivity contribution in [2.24, 2.45) is 0 Å². The maximum atomic E-state index is 10.5. The molecule has 0 aliphatic carbocycles. The maximum Gasteiger partial charge on any atom is 0.370 e. The lowest BCUT2D eigenvalue weighted by Crippen LogP contribution is -1.98. The minimum atomic E-state index is -1.33. The number of carboxylic acid groups (broad SMARTS) is 1. The molecule has 18 heavy (non-hydrogen) atoms. The molecule has 0 unspecified atom stereocenters. The largest absolute Gasteiger partial charge is 0.502 e. The first-order chi connectivity index (χ1) is 8.66. The van der Waals surface area contributed by atoms with Crippen LogP contribution in [0.5, 0.6) is 0 Å². The zero-order chi connectivity index (χ0) is 13.0. The van der Waals surface area contributed by atoms with Gasteiger partial charge in [0.25, 0.3) is 0 Å². The van der Waals surface area contributed by atoms with Gasteiger partial charge in [0.1, 0.15) is 0 Å². The van der Waals surface area contributed by atoms with E-state index in [0.717, 1.165) is 11.1 Å². The van der Waals surface area contributed by atoms with Crippen LogP contribution >= 0.6 is 0 Å². The van der Waals surface area contributed by atoms with Crippen molar-refractivity contribution in [2.45, 2.75) is 0 Å². The molecule has 0 saturated carbocycles. The SMILES string of the molecule is O=C(O)C(O)=Cc1ccc(-c2ccccc2)cc1. The fraction of sp³-hybridized carbons (Fsp3) is 0. The van der Waals surface area contributed by atoms with Gasteiger partial charge in [0.05, 0.1) is 0 Å². The van der Waals surface area contributed by atoms with Crippen molar-refractivity contribution in [3.8, 4) is 11.1 Å². The van der Waals surface area contributed by atoms with E-state index in [-0.39, 0.29) is 0 Å². The topological polar surface area (TPSA) is 57.5 Å². The molecule has 0 aliphatic rings. The Kier molecular flexibility index (Phi) is 3.44. The van der Waals surface area contributed by atoms with Crippen LogP contribution in [0.15, 0.2) is 60.4 Å². The number of benzene rings is 2. The lowest BCUT2D eigenvalue weighted by molar-refractivity contribution is -0.135. The molecule has 0 amide bonds. The predicted octanol–water partition coefficient (Wildman–Crippen LogP) is 3.34. The highest BCUT2D eigenvalue weighted by atomic mass is 16.4. The first-order valence-electron chi connectivity index (χ1n) is 5.46. The molecule has 3 nitrogen and oxygen atoms in total. The quantitative estimate of drug-likeness (QED) is 0.639. The fourth-order valence-corrected chi connectivity index (χ4v) is 1.62. The Morgan fingerprint density at radius 3 is 1.94 bits per heavy atom. The Morgan fingerprint density at radius 1 is 0.833 bits per heavy atom. The number of rotatable bonds is 3. The molecule has 0 fully saturated rings. The number of hydrogen-bond donors (Lipinski definition) is 2. The van der Waals surface area contributed by atoms with E-state index < -0.39 is 11.7 Å². The first kappa shape index (κ1) is 11.9. The third-order valence-electron chi connectivity index (χ3n) is 2.54. The van der Waals surface area contributed by atoms with Crippen molar-refractivity contribution < 1.29 is 15.0 Å². The molecule has 0 aromatic heterocycles. The molecule has 3 heteroatoms. The van der Waals surface area contributed by atoms with Gasteiger partial charge < -0.3 is 10.2 Å². The Balaban J connectivity index is 2.26. The van der Waals surface area contributed by atoms with Gasteiger partial charge in [0.15, 0.2) is 0 Å². The molecule has 90 valence electrons. The summed E-state index contributed by atoms with van der Waals surface area (Å²) in [5, 5.41) is 17.7. The number of aliphatic carboxylic acids is 1. The van der Waals surface area contributed by atoms with Gasteiger partial charge >= 0.3 is 5.97 Å². The van der Waals surface area contributed by atoms with Crippen LogP contribution in [0, 0.1) is 0 Å². The molecular weight excluding hydrogens is 228 g/mol. The fourth-order valence-electron chi connectivity index (χ4n) is 1.62. The van der Waals surface area contributed by atoms with Gasteiger partial charge in [0.2, 0.25) is 5.76 Å². The summed E-state index contributed by atoms with van der Waals surface area (Å²) in [6.45, 7) is 0. The van der Waals surface area contributed by atoms with Crippen LogP contribution in [0.1, 0.15) is 5.56 Å². The third kappa shape index (κ3) is 2.77. The molecular formula is C15H12O3. The molecule has 0 aliphatic heterocycles. The predicted molar refractivity (Wildman–Crippen MR) is 70.1 cm³/mol. The molecule has 0 radical (unpaired) electrons. The zero-order valence-electron chi connectivity index (χ0n) is 9.58. The Morgan fingerprint density at radius 2 is 1.39 bits per heavy atom. The zero-order valence-corrected chi connectivity index (χ0v) is 9.58. The highest BCUT2D eigenvalue weighted by molar-refractivity contribution is 5.89. The van der Waals surface area contributed by atoms with Gasteiger partial charge in [-0.15, -0.1) is 0 Å².